The molecule has 13 heteroatoms. The Hall–Kier alpha value is -3.46. The SMILES string of the molecule is CC(C)(C)OC(=O)N(CC#N)c1cc(Cl)c(Cl)c2c1c(-c1cnn(C3CCCCO3)c1)c1n2CCN(C(=O)O)C1. The predicted octanol–water partition coefficient (Wildman–Crippen LogP) is 6.27. The van der Waals surface area contributed by atoms with Crippen molar-refractivity contribution in [2.24, 2.45) is 0 Å². The number of anilines is 1. The van der Waals surface area contributed by atoms with Crippen molar-refractivity contribution in [3.63, 3.8) is 0 Å². The largest absolute Gasteiger partial charge is 0.465 e. The van der Waals surface area contributed by atoms with Crippen molar-refractivity contribution in [2.45, 2.75) is 65.0 Å². The van der Waals surface area contributed by atoms with Crippen LogP contribution in [0.15, 0.2) is 18.5 Å². The van der Waals surface area contributed by atoms with E-state index in [1.807, 2.05) is 16.8 Å². The number of ether oxygens (including phenoxy) is 2. The normalized spacial score (nSPS) is 17.4. The monoisotopic (exact) mass is 588 g/mol. The number of benzene rings is 1. The molecule has 1 aromatic carbocycles. The van der Waals surface area contributed by atoms with Crippen LogP contribution in [0.5, 0.6) is 0 Å². The van der Waals surface area contributed by atoms with Gasteiger partial charge in [0.15, 0.2) is 0 Å². The summed E-state index contributed by atoms with van der Waals surface area (Å²) in [5, 5.41) is 25.1. The molecule has 1 atom stereocenters. The second-order valence-corrected chi connectivity index (χ2v) is 11.6. The first kappa shape index (κ1) is 28.1. The molecular weight excluding hydrogens is 559 g/mol. The van der Waals surface area contributed by atoms with E-state index in [2.05, 4.69) is 5.10 Å². The fourth-order valence-corrected chi connectivity index (χ4v) is 5.73. The third-order valence-electron chi connectivity index (χ3n) is 6.99. The van der Waals surface area contributed by atoms with Crippen LogP contribution in [0, 0.1) is 11.3 Å². The van der Waals surface area contributed by atoms with Gasteiger partial charge in [-0.25, -0.2) is 14.3 Å². The zero-order valence-electron chi connectivity index (χ0n) is 22.5. The van der Waals surface area contributed by atoms with E-state index in [9.17, 15) is 20.0 Å². The molecule has 2 aromatic heterocycles. The molecule has 4 heterocycles. The Morgan fingerprint density at radius 1 is 1.30 bits per heavy atom. The van der Waals surface area contributed by atoms with Crippen LogP contribution in [0.3, 0.4) is 0 Å². The Kier molecular flexibility index (Phi) is 7.61. The van der Waals surface area contributed by atoms with E-state index in [0.29, 0.717) is 46.6 Å². The molecule has 0 aliphatic carbocycles. The molecule has 0 saturated carbocycles. The number of amides is 2. The number of fused-ring (bicyclic) bond motifs is 3. The van der Waals surface area contributed by atoms with Gasteiger partial charge in [0.2, 0.25) is 0 Å². The van der Waals surface area contributed by atoms with Gasteiger partial charge in [0, 0.05) is 48.1 Å². The standard InChI is InChI=1S/C27H30Cl2N6O5/c1-27(2,3)40-26(38)34(8-7-30)18-12-17(28)23(29)24-22(18)21(19-15-32(25(36)37)9-10-33(19)24)16-13-31-35(14-16)20-6-4-5-11-39-20/h12-14,20H,4-6,8-11,15H2,1-3H3,(H,36,37). The first-order valence-electron chi connectivity index (χ1n) is 13.0. The summed E-state index contributed by atoms with van der Waals surface area (Å²) in [5.41, 5.74) is 2.10. The van der Waals surface area contributed by atoms with Crippen molar-refractivity contribution in [3.8, 4) is 17.2 Å². The van der Waals surface area contributed by atoms with Crippen LogP contribution in [-0.2, 0) is 22.6 Å². The van der Waals surface area contributed by atoms with Gasteiger partial charge in [-0.3, -0.25) is 4.90 Å². The summed E-state index contributed by atoms with van der Waals surface area (Å²) < 4.78 is 15.3. The van der Waals surface area contributed by atoms with Gasteiger partial charge in [-0.2, -0.15) is 10.4 Å². The molecule has 1 saturated heterocycles. The van der Waals surface area contributed by atoms with E-state index in [-0.39, 0.29) is 35.9 Å². The van der Waals surface area contributed by atoms with Crippen LogP contribution in [0.4, 0.5) is 15.3 Å². The molecule has 2 amide bonds. The lowest BCUT2D eigenvalue weighted by Crippen LogP contribution is -2.37. The van der Waals surface area contributed by atoms with E-state index in [1.54, 1.807) is 37.7 Å². The Labute approximate surface area is 241 Å². The second kappa shape index (κ2) is 10.8. The smallest absolute Gasteiger partial charge is 0.415 e. The minimum absolute atomic E-state index is 0.0858. The zero-order chi connectivity index (χ0) is 28.8. The minimum Gasteiger partial charge on any atom is -0.465 e. The molecule has 1 fully saturated rings. The number of hydrogen-bond acceptors (Lipinski definition) is 6. The lowest BCUT2D eigenvalue weighted by atomic mass is 10.0. The lowest BCUT2D eigenvalue weighted by molar-refractivity contribution is -0.0394. The average molecular weight is 589 g/mol. The summed E-state index contributed by atoms with van der Waals surface area (Å²) in [4.78, 5) is 27.9. The predicted molar refractivity (Wildman–Crippen MR) is 150 cm³/mol. The molecule has 3 aromatic rings. The highest BCUT2D eigenvalue weighted by Crippen LogP contribution is 2.47. The summed E-state index contributed by atoms with van der Waals surface area (Å²) in [5.74, 6) is 0. The molecule has 2 aliphatic rings. The number of rotatable bonds is 4. The van der Waals surface area contributed by atoms with E-state index >= 15 is 0 Å². The van der Waals surface area contributed by atoms with Crippen LogP contribution >= 0.6 is 23.2 Å². The maximum atomic E-state index is 13.4. The number of hydrogen-bond donors (Lipinski definition) is 1. The average Bonchev–Trinajstić information content (AvgIpc) is 3.51. The minimum atomic E-state index is -1.04. The second-order valence-electron chi connectivity index (χ2n) is 10.8. The molecule has 40 heavy (non-hydrogen) atoms. The van der Waals surface area contributed by atoms with Crippen LogP contribution < -0.4 is 4.90 Å². The fraction of sp³-hybridized carbons (Fsp3) is 0.481. The van der Waals surface area contributed by atoms with E-state index < -0.39 is 17.8 Å². The van der Waals surface area contributed by atoms with Crippen molar-refractivity contribution in [1.29, 1.82) is 5.26 Å². The number of carbonyl (C=O) groups excluding carboxylic acids is 1. The molecule has 1 N–H and O–H groups in total. The Morgan fingerprint density at radius 2 is 2.08 bits per heavy atom. The summed E-state index contributed by atoms with van der Waals surface area (Å²) in [6, 6.07) is 3.59. The Morgan fingerprint density at radius 3 is 2.73 bits per heavy atom. The van der Waals surface area contributed by atoms with Crippen molar-refractivity contribution >= 4 is 52.0 Å². The quantitative estimate of drug-likeness (QED) is 0.356. The molecule has 1 unspecified atom stereocenters. The van der Waals surface area contributed by atoms with Gasteiger partial charge in [-0.1, -0.05) is 23.2 Å². The fourth-order valence-electron chi connectivity index (χ4n) is 5.29. The highest BCUT2D eigenvalue weighted by molar-refractivity contribution is 6.46. The summed E-state index contributed by atoms with van der Waals surface area (Å²) in [6.45, 7) is 6.21. The van der Waals surface area contributed by atoms with Crippen molar-refractivity contribution in [1.82, 2.24) is 19.2 Å². The first-order valence-corrected chi connectivity index (χ1v) is 13.8. The Bertz CT molecular complexity index is 1510. The van der Waals surface area contributed by atoms with Crippen LogP contribution in [0.25, 0.3) is 22.0 Å². The highest BCUT2D eigenvalue weighted by atomic mass is 35.5. The van der Waals surface area contributed by atoms with Gasteiger partial charge >= 0.3 is 12.2 Å². The first-order chi connectivity index (χ1) is 19.0. The van der Waals surface area contributed by atoms with Gasteiger partial charge in [0.05, 0.1) is 40.1 Å². The van der Waals surface area contributed by atoms with Crippen LogP contribution in [-0.4, -0.2) is 61.8 Å². The summed E-state index contributed by atoms with van der Waals surface area (Å²) >= 11 is 13.4. The van der Waals surface area contributed by atoms with Gasteiger partial charge in [0.1, 0.15) is 18.4 Å². The van der Waals surface area contributed by atoms with Gasteiger partial charge < -0.3 is 24.0 Å². The number of carboxylic acid groups (broad SMARTS) is 1. The van der Waals surface area contributed by atoms with Gasteiger partial charge in [-0.05, 0) is 46.1 Å². The van der Waals surface area contributed by atoms with Crippen LogP contribution in [0.1, 0.15) is 52.0 Å². The topological polar surface area (TPSA) is 126 Å². The molecule has 11 nitrogen and oxygen atoms in total. The molecule has 0 radical (unpaired) electrons. The van der Waals surface area contributed by atoms with Crippen molar-refractivity contribution in [2.75, 3.05) is 24.6 Å². The van der Waals surface area contributed by atoms with E-state index in [0.717, 1.165) is 19.3 Å². The maximum Gasteiger partial charge on any atom is 0.415 e. The number of halogens is 2. The summed E-state index contributed by atoms with van der Waals surface area (Å²) in [7, 11) is 0. The third kappa shape index (κ3) is 5.19. The maximum absolute atomic E-state index is 13.4. The molecule has 0 bridgehead atoms. The number of carbonyl (C=O) groups is 2. The molecule has 0 spiro atoms. The lowest BCUT2D eigenvalue weighted by Gasteiger charge is -2.27. The van der Waals surface area contributed by atoms with Crippen LogP contribution in [0.2, 0.25) is 10.0 Å². The number of nitriles is 1. The number of nitrogens with zero attached hydrogens (tertiary/aromatic N) is 6. The zero-order valence-corrected chi connectivity index (χ0v) is 24.0. The third-order valence-corrected chi connectivity index (χ3v) is 7.76. The van der Waals surface area contributed by atoms with Crippen molar-refractivity contribution in [3.05, 3.63) is 34.2 Å². The van der Waals surface area contributed by atoms with E-state index in [4.69, 9.17) is 32.7 Å². The number of aromatic nitrogens is 3. The highest BCUT2D eigenvalue weighted by Gasteiger charge is 2.34. The molecule has 212 valence electrons. The molecule has 5 rings (SSSR count). The van der Waals surface area contributed by atoms with Crippen molar-refractivity contribution < 1.29 is 24.2 Å². The summed E-state index contributed by atoms with van der Waals surface area (Å²) in [6.07, 6.45) is 4.42. The van der Waals surface area contributed by atoms with Gasteiger partial charge in [0.25, 0.3) is 0 Å². The van der Waals surface area contributed by atoms with E-state index in [1.165, 1.54) is 9.80 Å². The molecular formula is C27H30Cl2N6O5. The Balaban J connectivity index is 1.78. The van der Waals surface area contributed by atoms with Gasteiger partial charge in [-0.15, -0.1) is 0 Å². The molecule has 2 aliphatic heterocycles.